The van der Waals surface area contributed by atoms with Crippen molar-refractivity contribution in [1.82, 2.24) is 0 Å². The van der Waals surface area contributed by atoms with E-state index in [0.29, 0.717) is 30.2 Å². The first-order valence-electron chi connectivity index (χ1n) is 6.73. The van der Waals surface area contributed by atoms with Crippen LogP contribution in [0.5, 0.6) is 0 Å². The van der Waals surface area contributed by atoms with Crippen LogP contribution in [-0.2, 0) is 14.3 Å². The second-order valence-corrected chi connectivity index (χ2v) is 6.66. The molecule has 2 saturated heterocycles. The van der Waals surface area contributed by atoms with E-state index in [1.54, 1.807) is 0 Å². The van der Waals surface area contributed by atoms with Gasteiger partial charge in [-0.05, 0) is 37.2 Å². The molecule has 3 aliphatic carbocycles. The maximum Gasteiger partial charge on any atom is 0.155 e. The van der Waals surface area contributed by atoms with E-state index in [9.17, 15) is 4.79 Å². The fourth-order valence-electron chi connectivity index (χ4n) is 4.85. The molecule has 5 rings (SSSR count). The average Bonchev–Trinajstić information content (AvgIpc) is 3.15. The summed E-state index contributed by atoms with van der Waals surface area (Å²) >= 11 is 0. The Balaban J connectivity index is 1.66. The molecule has 4 unspecified atom stereocenters. The minimum Gasteiger partial charge on any atom is -0.370 e. The zero-order valence-electron chi connectivity index (χ0n) is 9.72. The first kappa shape index (κ1) is 9.29. The van der Waals surface area contributed by atoms with E-state index >= 15 is 0 Å². The number of allylic oxidation sites excluding steroid dienone is 2. The normalized spacial score (nSPS) is 62.0. The average molecular weight is 232 g/mol. The van der Waals surface area contributed by atoms with Gasteiger partial charge >= 0.3 is 0 Å². The number of ether oxygens (including phenoxy) is 2. The van der Waals surface area contributed by atoms with Crippen molar-refractivity contribution in [2.24, 2.45) is 10.8 Å². The third-order valence-electron chi connectivity index (χ3n) is 5.85. The van der Waals surface area contributed by atoms with Crippen molar-refractivity contribution in [3.8, 4) is 0 Å². The van der Waals surface area contributed by atoms with Crippen LogP contribution in [-0.4, -0.2) is 30.2 Å². The molecule has 2 saturated carbocycles. The minimum atomic E-state index is 0.161. The molecule has 0 spiro atoms. The second-order valence-electron chi connectivity index (χ2n) is 6.66. The van der Waals surface area contributed by atoms with Crippen LogP contribution in [0, 0.1) is 10.8 Å². The van der Waals surface area contributed by atoms with E-state index < -0.39 is 0 Å². The van der Waals surface area contributed by atoms with E-state index in [4.69, 9.17) is 9.47 Å². The summed E-state index contributed by atoms with van der Waals surface area (Å²) in [5.74, 6) is 0.304. The summed E-state index contributed by atoms with van der Waals surface area (Å²) < 4.78 is 11.5. The Hall–Kier alpha value is -0.670. The van der Waals surface area contributed by atoms with Crippen LogP contribution in [0.1, 0.15) is 32.1 Å². The number of carbonyl (C=O) groups is 1. The van der Waals surface area contributed by atoms with Gasteiger partial charge in [0.1, 0.15) is 0 Å². The van der Waals surface area contributed by atoms with Crippen LogP contribution in [0.25, 0.3) is 0 Å². The highest BCUT2D eigenvalue weighted by atomic mass is 16.6. The Bertz CT molecular complexity index is 430. The summed E-state index contributed by atoms with van der Waals surface area (Å²) in [5.41, 5.74) is 0.365. The molecule has 4 fully saturated rings. The predicted molar refractivity (Wildman–Crippen MR) is 59.4 cm³/mol. The molecule has 0 aromatic heterocycles. The third kappa shape index (κ3) is 1.03. The lowest BCUT2D eigenvalue weighted by Crippen LogP contribution is -2.52. The zero-order chi connectivity index (χ0) is 11.3. The van der Waals surface area contributed by atoms with Crippen LogP contribution in [0.2, 0.25) is 0 Å². The summed E-state index contributed by atoms with van der Waals surface area (Å²) in [6, 6.07) is 0. The molecule has 0 radical (unpaired) electrons. The van der Waals surface area contributed by atoms with Crippen molar-refractivity contribution in [2.45, 2.75) is 56.5 Å². The van der Waals surface area contributed by atoms with Gasteiger partial charge in [0.05, 0.1) is 24.4 Å². The van der Waals surface area contributed by atoms with Crippen LogP contribution >= 0.6 is 0 Å². The van der Waals surface area contributed by atoms with E-state index in [-0.39, 0.29) is 10.8 Å². The SMILES string of the molecule is O=C1C=CC23CC4OC4CC2(C1)CC1OC1C3. The molecule has 0 amide bonds. The van der Waals surface area contributed by atoms with Gasteiger partial charge in [0.25, 0.3) is 0 Å². The van der Waals surface area contributed by atoms with Gasteiger partial charge in [0, 0.05) is 11.8 Å². The van der Waals surface area contributed by atoms with Crippen molar-refractivity contribution in [3.05, 3.63) is 12.2 Å². The molecule has 2 aliphatic heterocycles. The fraction of sp³-hybridized carbons (Fsp3) is 0.786. The highest BCUT2D eigenvalue weighted by Gasteiger charge is 2.69. The Morgan fingerprint density at radius 3 is 2.24 bits per heavy atom. The molecule has 3 nitrogen and oxygen atoms in total. The predicted octanol–water partition coefficient (Wildman–Crippen LogP) is 1.61. The van der Waals surface area contributed by atoms with Crippen LogP contribution in [0.4, 0.5) is 0 Å². The van der Waals surface area contributed by atoms with Crippen molar-refractivity contribution >= 4 is 5.78 Å². The van der Waals surface area contributed by atoms with E-state index in [0.717, 1.165) is 32.1 Å². The number of hydrogen-bond acceptors (Lipinski definition) is 3. The summed E-state index contributed by atoms with van der Waals surface area (Å²) in [5, 5.41) is 0. The summed E-state index contributed by atoms with van der Waals surface area (Å²) in [7, 11) is 0. The smallest absolute Gasteiger partial charge is 0.155 e. The summed E-state index contributed by atoms with van der Waals surface area (Å²) in [6.45, 7) is 0. The van der Waals surface area contributed by atoms with Gasteiger partial charge in [0.2, 0.25) is 0 Å². The number of rotatable bonds is 0. The van der Waals surface area contributed by atoms with Crippen LogP contribution in [0.3, 0.4) is 0 Å². The first-order valence-corrected chi connectivity index (χ1v) is 6.73. The van der Waals surface area contributed by atoms with Crippen LogP contribution < -0.4 is 0 Å². The van der Waals surface area contributed by atoms with Gasteiger partial charge < -0.3 is 9.47 Å². The van der Waals surface area contributed by atoms with Crippen LogP contribution in [0.15, 0.2) is 12.2 Å². The van der Waals surface area contributed by atoms with Crippen molar-refractivity contribution < 1.29 is 14.3 Å². The summed E-state index contributed by atoms with van der Waals surface area (Å²) in [6.07, 6.45) is 11.0. The molecule has 90 valence electrons. The fourth-order valence-corrected chi connectivity index (χ4v) is 4.85. The molecule has 3 heteroatoms. The Morgan fingerprint density at radius 2 is 1.59 bits per heavy atom. The molecule has 0 N–H and O–H groups in total. The van der Waals surface area contributed by atoms with Crippen molar-refractivity contribution in [3.63, 3.8) is 0 Å². The number of ketones is 1. The summed E-state index contributed by atoms with van der Waals surface area (Å²) in [4.78, 5) is 11.8. The monoisotopic (exact) mass is 232 g/mol. The number of fused-ring (bicyclic) bond motifs is 2. The molecule has 0 aromatic carbocycles. The Morgan fingerprint density at radius 1 is 1.00 bits per heavy atom. The highest BCUT2D eigenvalue weighted by molar-refractivity contribution is 5.91. The Kier molecular flexibility index (Phi) is 1.38. The van der Waals surface area contributed by atoms with Gasteiger partial charge in [-0.3, -0.25) is 4.79 Å². The maximum absolute atomic E-state index is 11.8. The standard InChI is InChI=1S/C14H16O3/c15-8-1-2-13-4-9-11(16-9)6-14(13,3-8)7-12-10(5-13)17-12/h1-2,9-12H,3-7H2. The zero-order valence-corrected chi connectivity index (χ0v) is 9.72. The van der Waals surface area contributed by atoms with Gasteiger partial charge in [-0.1, -0.05) is 6.08 Å². The Labute approximate surface area is 100 Å². The topological polar surface area (TPSA) is 42.1 Å². The third-order valence-corrected chi connectivity index (χ3v) is 5.85. The van der Waals surface area contributed by atoms with Crippen molar-refractivity contribution in [1.29, 1.82) is 0 Å². The lowest BCUT2D eigenvalue weighted by Gasteiger charge is -2.54. The lowest BCUT2D eigenvalue weighted by atomic mass is 9.47. The molecule has 17 heavy (non-hydrogen) atoms. The molecule has 0 aromatic rings. The number of hydrogen-bond donors (Lipinski definition) is 0. The molecule has 2 heterocycles. The van der Waals surface area contributed by atoms with E-state index in [1.165, 1.54) is 0 Å². The number of epoxide rings is 2. The van der Waals surface area contributed by atoms with Gasteiger partial charge in [-0.2, -0.15) is 0 Å². The number of carbonyl (C=O) groups excluding carboxylic acids is 1. The molecule has 4 atom stereocenters. The first-order chi connectivity index (χ1) is 8.20. The van der Waals surface area contributed by atoms with Gasteiger partial charge in [-0.15, -0.1) is 0 Å². The van der Waals surface area contributed by atoms with E-state index in [2.05, 4.69) is 6.08 Å². The lowest BCUT2D eigenvalue weighted by molar-refractivity contribution is -0.123. The second kappa shape index (κ2) is 2.52. The molecular formula is C14H16O3. The minimum absolute atomic E-state index is 0.161. The molecular weight excluding hydrogens is 216 g/mol. The maximum atomic E-state index is 11.8. The largest absolute Gasteiger partial charge is 0.370 e. The van der Waals surface area contributed by atoms with Crippen molar-refractivity contribution in [2.75, 3.05) is 0 Å². The van der Waals surface area contributed by atoms with Gasteiger partial charge in [0.15, 0.2) is 5.78 Å². The van der Waals surface area contributed by atoms with Gasteiger partial charge in [-0.25, -0.2) is 0 Å². The highest BCUT2D eigenvalue weighted by Crippen LogP contribution is 2.69. The van der Waals surface area contributed by atoms with E-state index in [1.807, 2.05) is 6.08 Å². The molecule has 5 aliphatic rings. The quantitative estimate of drug-likeness (QED) is 0.596. The molecule has 0 bridgehead atoms.